The van der Waals surface area contributed by atoms with Crippen molar-refractivity contribution in [3.05, 3.63) is 54.2 Å². The van der Waals surface area contributed by atoms with Crippen molar-refractivity contribution in [2.75, 3.05) is 23.4 Å². The van der Waals surface area contributed by atoms with Crippen LogP contribution in [0.5, 0.6) is 5.75 Å². The molecule has 0 fully saturated rings. The summed E-state index contributed by atoms with van der Waals surface area (Å²) in [7, 11) is 0. The van der Waals surface area contributed by atoms with Gasteiger partial charge in [0, 0.05) is 28.4 Å². The number of aromatic amines is 1. The van der Waals surface area contributed by atoms with Crippen LogP contribution < -0.4 is 15.0 Å². The number of nitrogens with one attached hydrogen (secondary N) is 2. The van der Waals surface area contributed by atoms with Crippen molar-refractivity contribution in [3.63, 3.8) is 0 Å². The average molecular weight is 421 g/mol. The van der Waals surface area contributed by atoms with E-state index in [4.69, 9.17) is 9.47 Å². The molecule has 160 valence electrons. The van der Waals surface area contributed by atoms with E-state index in [1.54, 1.807) is 45.2 Å². The molecule has 31 heavy (non-hydrogen) atoms. The standard InChI is InChI=1S/C23H23N3O5/c1-23(2,3)31-22(29)25-14-8-9-20-18(10-14)26(21(28)13-30-20)12-19(27)16-11-24-17-7-5-4-6-15(16)17/h4-11,24H,12-13H2,1-3H3,(H,25,29). The Kier molecular flexibility index (Phi) is 5.14. The first-order chi connectivity index (χ1) is 14.7. The van der Waals surface area contributed by atoms with Gasteiger partial charge in [-0.15, -0.1) is 0 Å². The van der Waals surface area contributed by atoms with Gasteiger partial charge in [-0.2, -0.15) is 0 Å². The summed E-state index contributed by atoms with van der Waals surface area (Å²) >= 11 is 0. The number of ether oxygens (including phenoxy) is 2. The molecule has 0 unspecified atom stereocenters. The molecule has 3 aromatic rings. The molecule has 0 bridgehead atoms. The Morgan fingerprint density at radius 1 is 1.19 bits per heavy atom. The van der Waals surface area contributed by atoms with Gasteiger partial charge in [0.05, 0.1) is 12.2 Å². The van der Waals surface area contributed by atoms with E-state index in [0.29, 0.717) is 22.7 Å². The second-order valence-corrected chi connectivity index (χ2v) is 8.25. The molecule has 2 amide bonds. The SMILES string of the molecule is CC(C)(C)OC(=O)Nc1ccc2c(c1)N(CC(=O)c1c[nH]c3ccccc13)C(=O)CO2. The number of H-pyrrole nitrogens is 1. The van der Waals surface area contributed by atoms with Crippen molar-refractivity contribution in [2.45, 2.75) is 26.4 Å². The zero-order valence-electron chi connectivity index (χ0n) is 17.5. The third-order valence-electron chi connectivity index (χ3n) is 4.74. The number of carbonyl (C=O) groups excluding carboxylic acids is 3. The number of nitrogens with zero attached hydrogens (tertiary/aromatic N) is 1. The van der Waals surface area contributed by atoms with Gasteiger partial charge >= 0.3 is 6.09 Å². The van der Waals surface area contributed by atoms with E-state index >= 15 is 0 Å². The molecule has 0 atom stereocenters. The van der Waals surface area contributed by atoms with E-state index in [1.165, 1.54) is 4.90 Å². The van der Waals surface area contributed by atoms with Gasteiger partial charge in [0.15, 0.2) is 12.4 Å². The van der Waals surface area contributed by atoms with E-state index in [-0.39, 0.29) is 24.8 Å². The van der Waals surface area contributed by atoms with Crippen LogP contribution in [0.4, 0.5) is 16.2 Å². The van der Waals surface area contributed by atoms with Crippen LogP contribution in [0.15, 0.2) is 48.7 Å². The first kappa shape index (κ1) is 20.5. The molecule has 8 heteroatoms. The summed E-state index contributed by atoms with van der Waals surface area (Å²) in [6.45, 7) is 5.00. The number of hydrogen-bond acceptors (Lipinski definition) is 5. The molecule has 1 aromatic heterocycles. The normalized spacial score (nSPS) is 13.5. The Balaban J connectivity index is 1.59. The highest BCUT2D eigenvalue weighted by atomic mass is 16.6. The average Bonchev–Trinajstić information content (AvgIpc) is 3.13. The number of hydrogen-bond donors (Lipinski definition) is 2. The van der Waals surface area contributed by atoms with Gasteiger partial charge in [-0.25, -0.2) is 4.79 Å². The van der Waals surface area contributed by atoms with Crippen molar-refractivity contribution >= 4 is 40.1 Å². The first-order valence-corrected chi connectivity index (χ1v) is 9.88. The summed E-state index contributed by atoms with van der Waals surface area (Å²) in [5.74, 6) is -0.0830. The van der Waals surface area contributed by atoms with Crippen molar-refractivity contribution in [2.24, 2.45) is 0 Å². The molecule has 2 aromatic carbocycles. The molecule has 0 radical (unpaired) electrons. The summed E-state index contributed by atoms with van der Waals surface area (Å²) in [6, 6.07) is 12.4. The highest BCUT2D eigenvalue weighted by Crippen LogP contribution is 2.35. The highest BCUT2D eigenvalue weighted by molar-refractivity contribution is 6.13. The molecule has 2 heterocycles. The van der Waals surface area contributed by atoms with Gasteiger partial charge < -0.3 is 14.5 Å². The number of amides is 2. The molecule has 0 saturated carbocycles. The predicted molar refractivity (Wildman–Crippen MR) is 117 cm³/mol. The fourth-order valence-electron chi connectivity index (χ4n) is 3.41. The number of para-hydroxylation sites is 1. The molecule has 1 aliphatic rings. The fourth-order valence-corrected chi connectivity index (χ4v) is 3.41. The Hall–Kier alpha value is -3.81. The van der Waals surface area contributed by atoms with Gasteiger partial charge in [0.25, 0.3) is 5.91 Å². The second-order valence-electron chi connectivity index (χ2n) is 8.25. The van der Waals surface area contributed by atoms with Gasteiger partial charge in [-0.05, 0) is 45.0 Å². The quantitative estimate of drug-likeness (QED) is 0.617. The van der Waals surface area contributed by atoms with E-state index in [2.05, 4.69) is 10.3 Å². The maximum Gasteiger partial charge on any atom is 0.412 e. The molecule has 0 aliphatic carbocycles. The summed E-state index contributed by atoms with van der Waals surface area (Å²) in [5, 5.41) is 3.44. The van der Waals surface area contributed by atoms with Gasteiger partial charge in [-0.3, -0.25) is 19.8 Å². The number of benzene rings is 2. The second kappa shape index (κ2) is 7.79. The van der Waals surface area contributed by atoms with E-state index in [1.807, 2.05) is 24.3 Å². The third kappa shape index (κ3) is 4.37. The van der Waals surface area contributed by atoms with Crippen LogP contribution in [0, 0.1) is 0 Å². The molecule has 2 N–H and O–H groups in total. The maximum absolute atomic E-state index is 13.0. The van der Waals surface area contributed by atoms with Crippen molar-refractivity contribution < 1.29 is 23.9 Å². The van der Waals surface area contributed by atoms with Crippen LogP contribution in [0.2, 0.25) is 0 Å². The topological polar surface area (TPSA) is 101 Å². The van der Waals surface area contributed by atoms with E-state index in [9.17, 15) is 14.4 Å². The minimum absolute atomic E-state index is 0.146. The molecular weight excluding hydrogens is 398 g/mol. The van der Waals surface area contributed by atoms with Crippen molar-refractivity contribution in [1.29, 1.82) is 0 Å². The van der Waals surface area contributed by atoms with Crippen LogP contribution in [0.25, 0.3) is 10.9 Å². The molecule has 8 nitrogen and oxygen atoms in total. The molecule has 1 aliphatic heterocycles. The zero-order valence-corrected chi connectivity index (χ0v) is 17.5. The van der Waals surface area contributed by atoms with Crippen LogP contribution in [0.1, 0.15) is 31.1 Å². The summed E-state index contributed by atoms with van der Waals surface area (Å²) in [4.78, 5) is 42.1. The minimum Gasteiger partial charge on any atom is -0.482 e. The molecule has 4 rings (SSSR count). The van der Waals surface area contributed by atoms with Crippen LogP contribution in [0.3, 0.4) is 0 Å². The molecular formula is C23H23N3O5. The van der Waals surface area contributed by atoms with Crippen molar-refractivity contribution in [1.82, 2.24) is 4.98 Å². The molecule has 0 saturated heterocycles. The Morgan fingerprint density at radius 3 is 2.74 bits per heavy atom. The van der Waals surface area contributed by atoms with E-state index in [0.717, 1.165) is 10.9 Å². The van der Waals surface area contributed by atoms with Crippen LogP contribution in [-0.4, -0.2) is 41.5 Å². The number of aromatic nitrogens is 1. The Bertz CT molecular complexity index is 1180. The summed E-state index contributed by atoms with van der Waals surface area (Å²) in [5.41, 5.74) is 1.56. The maximum atomic E-state index is 13.0. The Labute approximate surface area is 179 Å². The van der Waals surface area contributed by atoms with Gasteiger partial charge in [0.1, 0.15) is 11.4 Å². The summed E-state index contributed by atoms with van der Waals surface area (Å²) in [6.07, 6.45) is 1.04. The lowest BCUT2D eigenvalue weighted by Crippen LogP contribution is -2.42. The van der Waals surface area contributed by atoms with Crippen LogP contribution in [-0.2, 0) is 9.53 Å². The number of carbonyl (C=O) groups is 3. The largest absolute Gasteiger partial charge is 0.482 e. The minimum atomic E-state index is -0.644. The first-order valence-electron chi connectivity index (χ1n) is 9.88. The zero-order chi connectivity index (χ0) is 22.2. The third-order valence-corrected chi connectivity index (χ3v) is 4.74. The molecule has 0 spiro atoms. The Morgan fingerprint density at radius 2 is 1.97 bits per heavy atom. The van der Waals surface area contributed by atoms with Gasteiger partial charge in [-0.1, -0.05) is 18.2 Å². The number of ketones is 1. The summed E-state index contributed by atoms with van der Waals surface area (Å²) < 4.78 is 10.8. The highest BCUT2D eigenvalue weighted by Gasteiger charge is 2.29. The van der Waals surface area contributed by atoms with Crippen molar-refractivity contribution in [3.8, 4) is 5.75 Å². The lowest BCUT2D eigenvalue weighted by atomic mass is 10.1. The van der Waals surface area contributed by atoms with E-state index < -0.39 is 11.7 Å². The number of rotatable bonds is 4. The lowest BCUT2D eigenvalue weighted by molar-refractivity contribution is -0.121. The smallest absolute Gasteiger partial charge is 0.412 e. The number of fused-ring (bicyclic) bond motifs is 2. The van der Waals surface area contributed by atoms with Gasteiger partial charge in [0.2, 0.25) is 0 Å². The number of Topliss-reactive ketones (excluding diaryl/α,β-unsaturated/α-hetero) is 1. The lowest BCUT2D eigenvalue weighted by Gasteiger charge is -2.29. The number of anilines is 2. The monoisotopic (exact) mass is 421 g/mol. The predicted octanol–water partition coefficient (Wildman–Crippen LogP) is 4.12. The fraction of sp³-hybridized carbons (Fsp3) is 0.261. The van der Waals surface area contributed by atoms with Crippen LogP contribution >= 0.6 is 0 Å².